The van der Waals surface area contributed by atoms with Crippen LogP contribution in [0.5, 0.6) is 0 Å². The minimum absolute atomic E-state index is 0. The number of hydrogen-bond donors (Lipinski definition) is 0. The zero-order chi connectivity index (χ0) is 18.0. The molecule has 0 saturated heterocycles. The monoisotopic (exact) mass is 498 g/mol. The third-order valence-electron chi connectivity index (χ3n) is 0. The van der Waals surface area contributed by atoms with Crippen LogP contribution in [0, 0.1) is 0 Å². The van der Waals surface area contributed by atoms with Crippen molar-refractivity contribution < 1.29 is 125 Å². The Hall–Kier alpha value is 1.18. The van der Waals surface area contributed by atoms with Crippen LogP contribution in [0.4, 0.5) is 0 Å². The van der Waals surface area contributed by atoms with Crippen LogP contribution in [0.3, 0.4) is 0 Å². The summed E-state index contributed by atoms with van der Waals surface area (Å²) in [7, 11) is -20.7. The van der Waals surface area contributed by atoms with Crippen molar-refractivity contribution in [2.75, 3.05) is 0 Å². The second kappa shape index (κ2) is 18.0. The summed E-state index contributed by atoms with van der Waals surface area (Å²) >= 11 is 0. The normalized spacial score (nSPS) is 10.1. The van der Waals surface area contributed by atoms with Crippen molar-refractivity contribution in [3.05, 3.63) is 0 Å². The molecule has 0 aromatic carbocycles. The molecule has 0 aromatic heterocycles. The Morgan fingerprint density at radius 1 is 0.391 bits per heavy atom. The third-order valence-corrected chi connectivity index (χ3v) is 0. The Labute approximate surface area is 165 Å². The van der Waals surface area contributed by atoms with Gasteiger partial charge in [-0.1, -0.05) is 0 Å². The average molecular weight is 498 g/mol. The fourth-order valence-electron chi connectivity index (χ4n) is 0. The molecule has 0 N–H and O–H groups in total. The van der Waals surface area contributed by atoms with Crippen LogP contribution in [0.1, 0.15) is 0 Å². The first kappa shape index (κ1) is 44.0. The fraction of sp³-hybridized carbons (Fsp3) is 0. The van der Waals surface area contributed by atoms with Crippen LogP contribution in [0.25, 0.3) is 0 Å². The summed E-state index contributed by atoms with van der Waals surface area (Å²) in [4.78, 5) is 0. The van der Waals surface area contributed by atoms with E-state index >= 15 is 0 Å². The smallest absolute Gasteiger partial charge is 0.759 e. The van der Waals surface area contributed by atoms with Gasteiger partial charge in [0.1, 0.15) is 0 Å². The molecule has 0 unspecified atom stereocenters. The van der Waals surface area contributed by atoms with E-state index in [9.17, 15) is 0 Å². The second-order valence-corrected chi connectivity index (χ2v) is 4.90. The van der Waals surface area contributed by atoms with E-state index < -0.39 is 41.6 Å². The number of rotatable bonds is 0. The summed E-state index contributed by atoms with van der Waals surface area (Å²) in [5, 5.41) is 0. The van der Waals surface area contributed by atoms with Crippen LogP contribution in [0.2, 0.25) is 0 Å². The molecule has 0 heterocycles. The van der Waals surface area contributed by atoms with Crippen molar-refractivity contribution in [1.82, 2.24) is 0 Å². The Morgan fingerprint density at radius 3 is 0.391 bits per heavy atom. The summed E-state index contributed by atoms with van der Waals surface area (Å²) in [6.45, 7) is 0. The zero-order valence-electron chi connectivity index (χ0n) is 9.97. The molecule has 16 nitrogen and oxygen atoms in total. The Morgan fingerprint density at radius 2 is 0.391 bits per heavy atom. The molecule has 0 spiro atoms. The molecule has 0 aromatic rings. The summed E-state index contributed by atoms with van der Waals surface area (Å²) in [6.07, 6.45) is 0. The van der Waals surface area contributed by atoms with Gasteiger partial charge in [0.2, 0.25) is 0 Å². The molecule has 0 bridgehead atoms. The molecule has 0 radical (unpaired) electrons. The van der Waals surface area contributed by atoms with E-state index in [-0.39, 0.29) is 54.5 Å². The molecule has 23 heteroatoms. The van der Waals surface area contributed by atoms with Gasteiger partial charge in [0.25, 0.3) is 0 Å². The van der Waals surface area contributed by atoms with Crippen LogP contribution in [-0.2, 0) is 77.2 Å². The SMILES string of the molecule is O=S(=O)([O-])[O-].O=S(=O)([O-])[O-].O=S(=O)([O-])[O-].O=S(=O)([O-])[O-].[Fe+2].[Li+].[V+5]. The summed E-state index contributed by atoms with van der Waals surface area (Å²) in [6, 6.07) is 0. The van der Waals surface area contributed by atoms with Gasteiger partial charge in [0, 0.05) is 41.6 Å². The van der Waals surface area contributed by atoms with E-state index in [2.05, 4.69) is 0 Å². The molecule has 134 valence electrons. The van der Waals surface area contributed by atoms with Gasteiger partial charge in [0.15, 0.2) is 0 Å². The van der Waals surface area contributed by atoms with Gasteiger partial charge in [-0.3, -0.25) is 33.7 Å². The average Bonchev–Trinajstić information content (AvgIpc) is 1.62. The quantitative estimate of drug-likeness (QED) is 0.170. The molecule has 0 fully saturated rings. The maximum atomic E-state index is 8.52. The van der Waals surface area contributed by atoms with Gasteiger partial charge in [0.05, 0.1) is 0 Å². The van der Waals surface area contributed by atoms with E-state index in [0.29, 0.717) is 0 Å². The largest absolute Gasteiger partial charge is 5.00 e. The van der Waals surface area contributed by atoms with Crippen molar-refractivity contribution in [3.63, 3.8) is 0 Å². The van der Waals surface area contributed by atoms with Crippen molar-refractivity contribution in [2.24, 2.45) is 0 Å². The molecular weight excluding hydrogens is 498 g/mol. The van der Waals surface area contributed by atoms with Gasteiger partial charge < -0.3 is 36.4 Å². The van der Waals surface area contributed by atoms with Crippen molar-refractivity contribution in [3.8, 4) is 0 Å². The van der Waals surface area contributed by atoms with Crippen LogP contribution in [-0.4, -0.2) is 70.1 Å². The summed E-state index contributed by atoms with van der Waals surface area (Å²) in [5.41, 5.74) is 0. The summed E-state index contributed by atoms with van der Waals surface area (Å²) < 4.78 is 136. The molecule has 0 aliphatic rings. The van der Waals surface area contributed by atoms with E-state index in [4.69, 9.17) is 70.1 Å². The zero-order valence-corrected chi connectivity index (χ0v) is 15.7. The van der Waals surface area contributed by atoms with Gasteiger partial charge in [-0.05, 0) is 0 Å². The summed E-state index contributed by atoms with van der Waals surface area (Å²) in [5.74, 6) is 0. The van der Waals surface area contributed by atoms with Crippen LogP contribution in [0.15, 0.2) is 0 Å². The van der Waals surface area contributed by atoms with Crippen molar-refractivity contribution >= 4 is 41.6 Å². The topological polar surface area (TPSA) is 321 Å². The minimum atomic E-state index is -5.17. The Kier molecular flexibility index (Phi) is 34.4. The number of hydrogen-bond acceptors (Lipinski definition) is 16. The Bertz CT molecular complexity index is 485. The maximum absolute atomic E-state index is 8.52. The van der Waals surface area contributed by atoms with Gasteiger partial charge >= 0.3 is 54.5 Å². The first-order valence-corrected chi connectivity index (χ1v) is 8.00. The molecule has 0 atom stereocenters. The molecule has 0 saturated carbocycles. The second-order valence-electron chi connectivity index (χ2n) is 1.63. The predicted octanol–water partition coefficient (Wildman–Crippen LogP) is -8.35. The predicted molar refractivity (Wildman–Crippen MR) is 41.9 cm³/mol. The van der Waals surface area contributed by atoms with Gasteiger partial charge in [-0.25, -0.2) is 0 Å². The first-order chi connectivity index (χ1) is 8.00. The van der Waals surface area contributed by atoms with Crippen LogP contribution >= 0.6 is 0 Å². The minimum Gasteiger partial charge on any atom is -0.759 e. The molecule has 23 heavy (non-hydrogen) atoms. The molecule has 0 aliphatic heterocycles. The van der Waals surface area contributed by atoms with E-state index in [0.717, 1.165) is 0 Å². The molecule has 0 rings (SSSR count). The van der Waals surface area contributed by atoms with Gasteiger partial charge in [-0.15, -0.1) is 0 Å². The van der Waals surface area contributed by atoms with Crippen LogP contribution < -0.4 is 18.9 Å². The Balaban J connectivity index is -0.0000000284. The standard InChI is InChI=1S/Fe.Li.4H2O4S.V/c;;4*1-5(2,3)4;/h;;4*(H2,1,2,3,4);/q+2;+1;;;;;+5/p-8. The fourth-order valence-corrected chi connectivity index (χ4v) is 0. The third kappa shape index (κ3) is 7450. The van der Waals surface area contributed by atoms with Gasteiger partial charge in [-0.2, -0.15) is 0 Å². The molecular formula is FeLiO16S4V. The molecule has 0 amide bonds. The van der Waals surface area contributed by atoms with Crippen molar-refractivity contribution in [1.29, 1.82) is 0 Å². The van der Waals surface area contributed by atoms with E-state index in [1.165, 1.54) is 0 Å². The van der Waals surface area contributed by atoms with Crippen molar-refractivity contribution in [2.45, 2.75) is 0 Å². The first-order valence-electron chi connectivity index (χ1n) is 2.67. The van der Waals surface area contributed by atoms with E-state index in [1.807, 2.05) is 0 Å². The van der Waals surface area contributed by atoms with E-state index in [1.54, 1.807) is 0 Å². The molecule has 0 aliphatic carbocycles. The maximum Gasteiger partial charge on any atom is 5.00 e.